The maximum absolute atomic E-state index is 12.2. The van der Waals surface area contributed by atoms with Crippen LogP contribution in [0, 0.1) is 0 Å². The lowest BCUT2D eigenvalue weighted by molar-refractivity contribution is -0.134. The molecule has 0 fully saturated rings. The summed E-state index contributed by atoms with van der Waals surface area (Å²) < 4.78 is 0. The van der Waals surface area contributed by atoms with E-state index in [1.54, 1.807) is 19.2 Å². The number of thiophene rings is 1. The molecule has 1 aromatic carbocycles. The minimum Gasteiger partial charge on any atom is -0.335 e. The van der Waals surface area contributed by atoms with Crippen molar-refractivity contribution >= 4 is 28.8 Å². The number of rotatable bonds is 5. The van der Waals surface area contributed by atoms with Gasteiger partial charge >= 0.3 is 0 Å². The molecule has 0 aliphatic rings. The van der Waals surface area contributed by atoms with Crippen molar-refractivity contribution < 1.29 is 9.59 Å². The molecule has 6 heteroatoms. The fourth-order valence-electron chi connectivity index (χ4n) is 1.84. The van der Waals surface area contributed by atoms with Crippen molar-refractivity contribution in [2.75, 3.05) is 18.9 Å². The molecular formula is C15H17N3O2S. The lowest BCUT2D eigenvalue weighted by Gasteiger charge is -2.20. The van der Waals surface area contributed by atoms with E-state index >= 15 is 0 Å². The summed E-state index contributed by atoms with van der Waals surface area (Å²) in [4.78, 5) is 26.2. The summed E-state index contributed by atoms with van der Waals surface area (Å²) in [7, 11) is 1.57. The largest absolute Gasteiger partial charge is 0.335 e. The van der Waals surface area contributed by atoms with E-state index in [1.807, 2.05) is 35.7 Å². The Morgan fingerprint density at radius 3 is 2.57 bits per heavy atom. The van der Waals surface area contributed by atoms with E-state index in [0.29, 0.717) is 5.69 Å². The van der Waals surface area contributed by atoms with E-state index in [1.165, 1.54) is 16.2 Å². The van der Waals surface area contributed by atoms with Crippen LogP contribution < -0.4 is 11.1 Å². The van der Waals surface area contributed by atoms with Crippen LogP contribution in [-0.4, -0.2) is 30.3 Å². The van der Waals surface area contributed by atoms with E-state index in [2.05, 4.69) is 5.32 Å². The molecule has 2 rings (SSSR count). The van der Waals surface area contributed by atoms with Crippen molar-refractivity contribution in [2.24, 2.45) is 5.73 Å². The highest BCUT2D eigenvalue weighted by molar-refractivity contribution is 7.10. The monoisotopic (exact) mass is 303 g/mol. The molecule has 0 bridgehead atoms. The summed E-state index contributed by atoms with van der Waals surface area (Å²) in [5.74, 6) is -0.531. The first kappa shape index (κ1) is 15.2. The molecule has 0 radical (unpaired) electrons. The maximum atomic E-state index is 12.2. The molecule has 0 saturated heterocycles. The number of anilines is 1. The molecule has 1 heterocycles. The molecule has 3 N–H and O–H groups in total. The maximum Gasteiger partial charge on any atom is 0.245 e. The molecular weight excluding hydrogens is 286 g/mol. The first-order valence-electron chi connectivity index (χ1n) is 6.47. The Morgan fingerprint density at radius 1 is 1.24 bits per heavy atom. The Labute approximate surface area is 127 Å². The molecule has 1 aromatic heterocycles. The average molecular weight is 303 g/mol. The second-order valence-electron chi connectivity index (χ2n) is 4.60. The number of carbonyl (C=O) groups excluding carboxylic acids is 2. The minimum absolute atomic E-state index is 0.0349. The van der Waals surface area contributed by atoms with Gasteiger partial charge in [-0.05, 0) is 23.6 Å². The molecule has 5 nitrogen and oxygen atoms in total. The number of hydrogen-bond donors (Lipinski definition) is 2. The molecule has 0 saturated carbocycles. The number of benzene rings is 1. The molecule has 0 aliphatic carbocycles. The minimum atomic E-state index is -0.723. The van der Waals surface area contributed by atoms with Gasteiger partial charge in [0, 0.05) is 17.6 Å². The number of hydrogen-bond acceptors (Lipinski definition) is 4. The van der Waals surface area contributed by atoms with Crippen LogP contribution in [0.15, 0.2) is 47.8 Å². The van der Waals surface area contributed by atoms with E-state index in [0.717, 1.165) is 4.88 Å². The number of amides is 2. The normalized spacial score (nSPS) is 11.7. The van der Waals surface area contributed by atoms with E-state index < -0.39 is 6.04 Å². The van der Waals surface area contributed by atoms with E-state index in [9.17, 15) is 9.59 Å². The highest BCUT2D eigenvalue weighted by atomic mass is 32.1. The number of likely N-dealkylation sites (N-methyl/N-ethyl adjacent to an activating group) is 1. The lowest BCUT2D eigenvalue weighted by atomic mass is 10.2. The van der Waals surface area contributed by atoms with Gasteiger partial charge in [-0.1, -0.05) is 24.3 Å². The number of carbonyl (C=O) groups is 2. The standard InChI is InChI=1S/C15H17N3O2S/c1-18(15(20)14(16)12-8-5-9-21-12)10-13(19)17-11-6-3-2-4-7-11/h2-9,14H,10,16H2,1H3,(H,17,19). The Hall–Kier alpha value is -2.18. The van der Waals surface area contributed by atoms with Gasteiger partial charge in [0.2, 0.25) is 11.8 Å². The zero-order valence-corrected chi connectivity index (χ0v) is 12.5. The van der Waals surface area contributed by atoms with Gasteiger partial charge in [-0.3, -0.25) is 9.59 Å². The third kappa shape index (κ3) is 4.14. The average Bonchev–Trinajstić information content (AvgIpc) is 3.00. The van der Waals surface area contributed by atoms with Crippen LogP contribution in [0.3, 0.4) is 0 Å². The molecule has 1 unspecified atom stereocenters. The van der Waals surface area contributed by atoms with E-state index in [4.69, 9.17) is 5.73 Å². The Balaban J connectivity index is 1.90. The Bertz CT molecular complexity index is 599. The predicted molar refractivity (Wildman–Crippen MR) is 84.0 cm³/mol. The van der Waals surface area contributed by atoms with Gasteiger partial charge in [0.25, 0.3) is 0 Å². The summed E-state index contributed by atoms with van der Waals surface area (Å²) in [5, 5.41) is 4.60. The number of nitrogens with zero attached hydrogens (tertiary/aromatic N) is 1. The summed E-state index contributed by atoms with van der Waals surface area (Å²) in [5.41, 5.74) is 6.60. The van der Waals surface area contributed by atoms with Crippen molar-refractivity contribution in [2.45, 2.75) is 6.04 Å². The van der Waals surface area contributed by atoms with Crippen molar-refractivity contribution in [3.05, 3.63) is 52.7 Å². The van der Waals surface area contributed by atoms with Crippen LogP contribution >= 0.6 is 11.3 Å². The summed E-state index contributed by atoms with van der Waals surface area (Å²) in [6, 6.07) is 12.0. The van der Waals surface area contributed by atoms with Crippen LogP contribution in [0.25, 0.3) is 0 Å². The first-order chi connectivity index (χ1) is 10.1. The van der Waals surface area contributed by atoms with Gasteiger partial charge in [-0.25, -0.2) is 0 Å². The van der Waals surface area contributed by atoms with Crippen LogP contribution in [0.4, 0.5) is 5.69 Å². The van der Waals surface area contributed by atoms with Crippen LogP contribution in [0.1, 0.15) is 10.9 Å². The summed E-state index contributed by atoms with van der Waals surface area (Å²) in [6.45, 7) is -0.0349. The molecule has 110 valence electrons. The highest BCUT2D eigenvalue weighted by Crippen LogP contribution is 2.18. The SMILES string of the molecule is CN(CC(=O)Nc1ccccc1)C(=O)C(N)c1cccs1. The fourth-order valence-corrected chi connectivity index (χ4v) is 2.56. The lowest BCUT2D eigenvalue weighted by Crippen LogP contribution is -2.40. The number of nitrogens with two attached hydrogens (primary N) is 1. The van der Waals surface area contributed by atoms with Gasteiger partial charge in [-0.2, -0.15) is 0 Å². The van der Waals surface area contributed by atoms with Gasteiger partial charge < -0.3 is 16.0 Å². The van der Waals surface area contributed by atoms with Crippen LogP contribution in [-0.2, 0) is 9.59 Å². The first-order valence-corrected chi connectivity index (χ1v) is 7.35. The van der Waals surface area contributed by atoms with Crippen molar-refractivity contribution in [3.63, 3.8) is 0 Å². The molecule has 2 amide bonds. The predicted octanol–water partition coefficient (Wildman–Crippen LogP) is 1.84. The van der Waals surface area contributed by atoms with Crippen molar-refractivity contribution in [3.8, 4) is 0 Å². The second-order valence-corrected chi connectivity index (χ2v) is 5.58. The zero-order chi connectivity index (χ0) is 15.2. The summed E-state index contributed by atoms with van der Waals surface area (Å²) >= 11 is 1.43. The van der Waals surface area contributed by atoms with Gasteiger partial charge in [0.15, 0.2) is 0 Å². The summed E-state index contributed by atoms with van der Waals surface area (Å²) in [6.07, 6.45) is 0. The smallest absolute Gasteiger partial charge is 0.245 e. The topological polar surface area (TPSA) is 75.4 Å². The van der Waals surface area contributed by atoms with Gasteiger partial charge in [0.05, 0.1) is 6.54 Å². The zero-order valence-electron chi connectivity index (χ0n) is 11.7. The second kappa shape index (κ2) is 7.01. The van der Waals surface area contributed by atoms with Crippen LogP contribution in [0.5, 0.6) is 0 Å². The van der Waals surface area contributed by atoms with Crippen molar-refractivity contribution in [1.82, 2.24) is 4.90 Å². The van der Waals surface area contributed by atoms with Gasteiger partial charge in [0.1, 0.15) is 6.04 Å². The molecule has 0 spiro atoms. The molecule has 1 atom stereocenters. The highest BCUT2D eigenvalue weighted by Gasteiger charge is 2.22. The quantitative estimate of drug-likeness (QED) is 0.885. The number of para-hydroxylation sites is 1. The third-order valence-corrected chi connectivity index (χ3v) is 3.89. The molecule has 0 aliphatic heterocycles. The Morgan fingerprint density at radius 2 is 1.95 bits per heavy atom. The van der Waals surface area contributed by atoms with Crippen molar-refractivity contribution in [1.29, 1.82) is 0 Å². The number of nitrogens with one attached hydrogen (secondary N) is 1. The van der Waals surface area contributed by atoms with E-state index in [-0.39, 0.29) is 18.4 Å². The molecule has 21 heavy (non-hydrogen) atoms. The van der Waals surface area contributed by atoms with Gasteiger partial charge in [-0.15, -0.1) is 11.3 Å². The fraction of sp³-hybridized carbons (Fsp3) is 0.200. The van der Waals surface area contributed by atoms with Crippen LogP contribution in [0.2, 0.25) is 0 Å². The molecule has 2 aromatic rings. The third-order valence-electron chi connectivity index (χ3n) is 2.93. The Kier molecular flexibility index (Phi) is 5.08.